The molecule has 0 aromatic rings. The zero-order valence-electron chi connectivity index (χ0n) is 14.0. The Kier molecular flexibility index (Phi) is 7.63. The van der Waals surface area contributed by atoms with Gasteiger partial charge in [-0.25, -0.2) is 0 Å². The molecule has 0 aliphatic rings. The van der Waals surface area contributed by atoms with Crippen molar-refractivity contribution in [3.63, 3.8) is 0 Å². The Hall–Kier alpha value is 0.0649. The lowest BCUT2D eigenvalue weighted by Gasteiger charge is -2.28. The van der Waals surface area contributed by atoms with Crippen LogP contribution in [-0.4, -0.2) is 7.85 Å². The average molecular weight is 250 g/mol. The van der Waals surface area contributed by atoms with Crippen molar-refractivity contribution in [2.45, 2.75) is 86.9 Å². The van der Waals surface area contributed by atoms with Crippen LogP contribution in [0.1, 0.15) is 80.6 Å². The summed E-state index contributed by atoms with van der Waals surface area (Å²) in [6, 6.07) is 0. The molecule has 2 radical (unpaired) electrons. The molecule has 18 heavy (non-hydrogen) atoms. The summed E-state index contributed by atoms with van der Waals surface area (Å²) < 4.78 is 0. The standard InChI is InChI=1S/C17H35B/c1-14(13-18)15(10-12-17(5,6)7)9-8-11-16(2,3)4/h14-15H,8-13H2,1-7H3. The first-order valence-electron chi connectivity index (χ1n) is 7.75. The third-order valence-corrected chi connectivity index (χ3v) is 3.94. The van der Waals surface area contributed by atoms with Gasteiger partial charge in [-0.15, -0.1) is 0 Å². The van der Waals surface area contributed by atoms with Crippen molar-refractivity contribution < 1.29 is 0 Å². The minimum Gasteiger partial charge on any atom is -0.0859 e. The highest BCUT2D eigenvalue weighted by molar-refractivity contribution is 6.08. The van der Waals surface area contributed by atoms with Gasteiger partial charge in [0.2, 0.25) is 0 Å². The highest BCUT2D eigenvalue weighted by Crippen LogP contribution is 2.32. The van der Waals surface area contributed by atoms with E-state index in [1.165, 1.54) is 32.1 Å². The number of hydrogen-bond donors (Lipinski definition) is 0. The summed E-state index contributed by atoms with van der Waals surface area (Å²) >= 11 is 0. The average Bonchev–Trinajstić information content (AvgIpc) is 2.19. The molecule has 0 aromatic heterocycles. The van der Waals surface area contributed by atoms with Crippen molar-refractivity contribution >= 4 is 7.85 Å². The monoisotopic (exact) mass is 250 g/mol. The molecule has 0 aliphatic carbocycles. The van der Waals surface area contributed by atoms with Crippen LogP contribution in [0.3, 0.4) is 0 Å². The molecule has 0 rings (SSSR count). The van der Waals surface area contributed by atoms with Crippen LogP contribution >= 0.6 is 0 Å². The van der Waals surface area contributed by atoms with E-state index in [1.807, 2.05) is 0 Å². The second-order valence-electron chi connectivity index (χ2n) is 8.53. The normalized spacial score (nSPS) is 16.6. The van der Waals surface area contributed by atoms with Gasteiger partial charge in [-0.3, -0.25) is 0 Å². The molecule has 0 nitrogen and oxygen atoms in total. The minimum absolute atomic E-state index is 0.455. The van der Waals surface area contributed by atoms with Crippen LogP contribution in [0.4, 0.5) is 0 Å². The van der Waals surface area contributed by atoms with E-state index in [4.69, 9.17) is 7.85 Å². The summed E-state index contributed by atoms with van der Waals surface area (Å²) in [7, 11) is 5.87. The third-order valence-electron chi connectivity index (χ3n) is 3.94. The quantitative estimate of drug-likeness (QED) is 0.496. The van der Waals surface area contributed by atoms with Gasteiger partial charge < -0.3 is 0 Å². The summed E-state index contributed by atoms with van der Waals surface area (Å²) in [6.07, 6.45) is 7.53. The van der Waals surface area contributed by atoms with Gasteiger partial charge in [-0.2, -0.15) is 0 Å². The van der Waals surface area contributed by atoms with Crippen LogP contribution in [0.5, 0.6) is 0 Å². The summed E-state index contributed by atoms with van der Waals surface area (Å²) in [6.45, 7) is 16.4. The lowest BCUT2D eigenvalue weighted by Crippen LogP contribution is -2.16. The third kappa shape index (κ3) is 10.0. The van der Waals surface area contributed by atoms with Crippen molar-refractivity contribution in [1.82, 2.24) is 0 Å². The Balaban J connectivity index is 4.16. The summed E-state index contributed by atoms with van der Waals surface area (Å²) in [5.41, 5.74) is 0.928. The first-order chi connectivity index (χ1) is 8.05. The molecule has 2 unspecified atom stereocenters. The van der Waals surface area contributed by atoms with Gasteiger partial charge in [-0.05, 0) is 41.9 Å². The van der Waals surface area contributed by atoms with E-state index >= 15 is 0 Å². The molecule has 0 aliphatic heterocycles. The Bertz CT molecular complexity index is 207. The Morgan fingerprint density at radius 3 is 1.72 bits per heavy atom. The van der Waals surface area contributed by atoms with E-state index in [9.17, 15) is 0 Å². The number of rotatable bonds is 7. The highest BCUT2D eigenvalue weighted by Gasteiger charge is 2.20. The van der Waals surface area contributed by atoms with Crippen LogP contribution in [0.15, 0.2) is 0 Å². The van der Waals surface area contributed by atoms with Crippen LogP contribution in [0.25, 0.3) is 0 Å². The zero-order valence-corrected chi connectivity index (χ0v) is 14.0. The van der Waals surface area contributed by atoms with E-state index in [0.29, 0.717) is 16.7 Å². The topological polar surface area (TPSA) is 0 Å². The van der Waals surface area contributed by atoms with Crippen molar-refractivity contribution in [3.8, 4) is 0 Å². The maximum Gasteiger partial charge on any atom is 0.0656 e. The Labute approximate surface area is 118 Å². The number of hydrogen-bond acceptors (Lipinski definition) is 0. The van der Waals surface area contributed by atoms with E-state index in [-0.39, 0.29) is 0 Å². The summed E-state index contributed by atoms with van der Waals surface area (Å²) in [4.78, 5) is 0. The lowest BCUT2D eigenvalue weighted by molar-refractivity contribution is 0.249. The maximum atomic E-state index is 5.87. The fraction of sp³-hybridized carbons (Fsp3) is 1.00. The van der Waals surface area contributed by atoms with Gasteiger partial charge in [0.1, 0.15) is 0 Å². The molecule has 0 saturated heterocycles. The van der Waals surface area contributed by atoms with Gasteiger partial charge in [-0.1, -0.05) is 67.6 Å². The fourth-order valence-corrected chi connectivity index (χ4v) is 2.42. The zero-order chi connectivity index (χ0) is 14.4. The van der Waals surface area contributed by atoms with E-state index in [0.717, 1.165) is 12.2 Å². The second-order valence-corrected chi connectivity index (χ2v) is 8.53. The van der Waals surface area contributed by atoms with Crippen molar-refractivity contribution in [2.75, 3.05) is 0 Å². The molecular weight excluding hydrogens is 215 g/mol. The highest BCUT2D eigenvalue weighted by atomic mass is 14.3. The molecule has 0 aromatic carbocycles. The Morgan fingerprint density at radius 1 is 0.833 bits per heavy atom. The second kappa shape index (κ2) is 7.60. The SMILES string of the molecule is [B]CC(C)C(CCCC(C)(C)C)CCC(C)(C)C. The molecule has 0 bridgehead atoms. The van der Waals surface area contributed by atoms with Crippen molar-refractivity contribution in [1.29, 1.82) is 0 Å². The first-order valence-corrected chi connectivity index (χ1v) is 7.75. The van der Waals surface area contributed by atoms with Crippen molar-refractivity contribution in [2.24, 2.45) is 22.7 Å². The predicted octanol–water partition coefficient (Wildman–Crippen LogP) is 5.87. The van der Waals surface area contributed by atoms with Crippen LogP contribution in [0, 0.1) is 22.7 Å². The van der Waals surface area contributed by atoms with Crippen molar-refractivity contribution in [3.05, 3.63) is 0 Å². The van der Waals surface area contributed by atoms with E-state index in [2.05, 4.69) is 48.5 Å². The van der Waals surface area contributed by atoms with Crippen LogP contribution in [-0.2, 0) is 0 Å². The molecule has 0 N–H and O–H groups in total. The Morgan fingerprint density at radius 2 is 1.33 bits per heavy atom. The summed E-state index contributed by atoms with van der Waals surface area (Å²) in [5.74, 6) is 1.49. The molecule has 0 saturated carbocycles. The van der Waals surface area contributed by atoms with Gasteiger partial charge in [0.15, 0.2) is 0 Å². The minimum atomic E-state index is 0.455. The largest absolute Gasteiger partial charge is 0.0859 e. The summed E-state index contributed by atoms with van der Waals surface area (Å²) in [5, 5.41) is 0. The van der Waals surface area contributed by atoms with Gasteiger partial charge in [0.25, 0.3) is 0 Å². The lowest BCUT2D eigenvalue weighted by atomic mass is 9.75. The molecule has 0 amide bonds. The molecule has 106 valence electrons. The maximum absolute atomic E-state index is 5.87. The predicted molar refractivity (Wildman–Crippen MR) is 85.2 cm³/mol. The molecule has 2 atom stereocenters. The van der Waals surface area contributed by atoms with Gasteiger partial charge in [0, 0.05) is 0 Å². The van der Waals surface area contributed by atoms with Crippen LogP contribution in [0.2, 0.25) is 6.32 Å². The molecular formula is C17H35B. The van der Waals surface area contributed by atoms with E-state index in [1.54, 1.807) is 0 Å². The molecule has 1 heteroatoms. The first kappa shape index (κ1) is 18.1. The molecule has 0 spiro atoms. The smallest absolute Gasteiger partial charge is 0.0656 e. The van der Waals surface area contributed by atoms with E-state index < -0.39 is 0 Å². The van der Waals surface area contributed by atoms with Crippen LogP contribution < -0.4 is 0 Å². The van der Waals surface area contributed by atoms with Gasteiger partial charge >= 0.3 is 0 Å². The molecule has 0 heterocycles. The fourth-order valence-electron chi connectivity index (χ4n) is 2.42. The van der Waals surface area contributed by atoms with Gasteiger partial charge in [0.05, 0.1) is 7.85 Å². The molecule has 0 fully saturated rings.